The molecule has 0 heterocycles. The van der Waals surface area contributed by atoms with E-state index in [9.17, 15) is 17.6 Å². The Balaban J connectivity index is 2.36. The van der Waals surface area contributed by atoms with Crippen LogP contribution in [-0.2, 0) is 12.7 Å². The van der Waals surface area contributed by atoms with Crippen molar-refractivity contribution in [3.63, 3.8) is 0 Å². The van der Waals surface area contributed by atoms with E-state index in [1.807, 2.05) is 0 Å². The molecule has 2 nitrogen and oxygen atoms in total. The van der Waals surface area contributed by atoms with Crippen LogP contribution in [0.2, 0.25) is 0 Å². The highest BCUT2D eigenvalue weighted by Crippen LogP contribution is 2.36. The number of hydrogen-bond donors (Lipinski definition) is 1. The predicted octanol–water partition coefficient (Wildman–Crippen LogP) is 4.86. The first kappa shape index (κ1) is 15.8. The summed E-state index contributed by atoms with van der Waals surface area (Å²) in [5.74, 6) is 0.0179. The summed E-state index contributed by atoms with van der Waals surface area (Å²) < 4.78 is 56.8. The molecule has 0 fully saturated rings. The van der Waals surface area contributed by atoms with Crippen LogP contribution in [0, 0.1) is 5.82 Å². The molecule has 0 bridgehead atoms. The lowest BCUT2D eigenvalue weighted by molar-refractivity contribution is -0.137. The molecule has 2 aromatic rings. The van der Waals surface area contributed by atoms with Gasteiger partial charge in [-0.05, 0) is 52.3 Å². The van der Waals surface area contributed by atoms with Crippen LogP contribution in [0.3, 0.4) is 0 Å². The third-order valence-corrected chi connectivity index (χ3v) is 3.34. The van der Waals surface area contributed by atoms with Crippen molar-refractivity contribution in [1.82, 2.24) is 0 Å². The lowest BCUT2D eigenvalue weighted by Gasteiger charge is -2.14. The van der Waals surface area contributed by atoms with Gasteiger partial charge in [0, 0.05) is 12.1 Å². The highest BCUT2D eigenvalue weighted by atomic mass is 79.9. The summed E-state index contributed by atoms with van der Waals surface area (Å²) >= 11 is 3.12. The zero-order valence-corrected chi connectivity index (χ0v) is 12.1. The summed E-state index contributed by atoms with van der Waals surface area (Å²) in [7, 11) is 0. The van der Waals surface area contributed by atoms with Gasteiger partial charge in [0.25, 0.3) is 0 Å². The minimum Gasteiger partial charge on any atom is -0.456 e. The monoisotopic (exact) mass is 363 g/mol. The molecular formula is C14H10BrF4NO. The van der Waals surface area contributed by atoms with Crippen molar-refractivity contribution in [2.75, 3.05) is 0 Å². The maximum Gasteiger partial charge on any atom is 0.416 e. The van der Waals surface area contributed by atoms with Crippen molar-refractivity contribution >= 4 is 15.9 Å². The Hall–Kier alpha value is -1.60. The van der Waals surface area contributed by atoms with Crippen LogP contribution in [0.25, 0.3) is 0 Å². The molecule has 112 valence electrons. The highest BCUT2D eigenvalue weighted by Gasteiger charge is 2.31. The molecule has 0 unspecified atom stereocenters. The smallest absolute Gasteiger partial charge is 0.416 e. The van der Waals surface area contributed by atoms with Crippen molar-refractivity contribution in [3.05, 3.63) is 57.8 Å². The van der Waals surface area contributed by atoms with E-state index in [0.717, 1.165) is 12.1 Å². The zero-order valence-electron chi connectivity index (χ0n) is 10.5. The third-order valence-electron chi connectivity index (χ3n) is 2.72. The van der Waals surface area contributed by atoms with Crippen LogP contribution < -0.4 is 10.5 Å². The summed E-state index contributed by atoms with van der Waals surface area (Å²) in [6, 6.07) is 6.80. The maximum atomic E-state index is 13.0. The summed E-state index contributed by atoms with van der Waals surface area (Å²) in [5.41, 5.74) is 4.87. The summed E-state index contributed by atoms with van der Waals surface area (Å²) in [6.07, 6.45) is -4.45. The van der Waals surface area contributed by atoms with Crippen LogP contribution in [0.5, 0.6) is 11.5 Å². The van der Waals surface area contributed by atoms with Gasteiger partial charge < -0.3 is 10.5 Å². The molecule has 0 aliphatic heterocycles. The lowest BCUT2D eigenvalue weighted by atomic mass is 10.1. The maximum absolute atomic E-state index is 13.0. The SMILES string of the molecule is NCc1cc(C(F)(F)F)ccc1Oc1ccc(F)cc1Br. The van der Waals surface area contributed by atoms with Gasteiger partial charge in [0.15, 0.2) is 0 Å². The first-order chi connectivity index (χ1) is 9.81. The second kappa shape index (κ2) is 6.03. The molecule has 21 heavy (non-hydrogen) atoms. The third kappa shape index (κ3) is 3.74. The van der Waals surface area contributed by atoms with Crippen LogP contribution in [0.1, 0.15) is 11.1 Å². The molecule has 0 saturated carbocycles. The molecule has 0 aromatic heterocycles. The molecule has 0 aliphatic carbocycles. The number of ether oxygens (including phenoxy) is 1. The standard InChI is InChI=1S/C14H10BrF4NO/c15-11-6-10(16)2-4-13(11)21-12-3-1-9(14(17,18)19)5-8(12)7-20/h1-6H,7,20H2. The molecule has 2 aromatic carbocycles. The van der Waals surface area contributed by atoms with Gasteiger partial charge in [0.1, 0.15) is 17.3 Å². The zero-order chi connectivity index (χ0) is 15.6. The minimum atomic E-state index is -4.45. The van der Waals surface area contributed by atoms with E-state index in [0.29, 0.717) is 4.47 Å². The van der Waals surface area contributed by atoms with E-state index in [1.165, 1.54) is 24.3 Å². The van der Waals surface area contributed by atoms with Crippen LogP contribution in [0.15, 0.2) is 40.9 Å². The first-order valence-electron chi connectivity index (χ1n) is 5.84. The van der Waals surface area contributed by atoms with Crippen LogP contribution in [0.4, 0.5) is 17.6 Å². The number of nitrogens with two attached hydrogens (primary N) is 1. The summed E-state index contributed by atoms with van der Waals surface area (Å²) in [5, 5.41) is 0. The fraction of sp³-hybridized carbons (Fsp3) is 0.143. The topological polar surface area (TPSA) is 35.2 Å². The summed E-state index contributed by atoms with van der Waals surface area (Å²) in [6.45, 7) is -0.113. The molecular weight excluding hydrogens is 354 g/mol. The van der Waals surface area contributed by atoms with Gasteiger partial charge >= 0.3 is 6.18 Å². The van der Waals surface area contributed by atoms with Crippen molar-refractivity contribution in [3.8, 4) is 11.5 Å². The van der Waals surface area contributed by atoms with Crippen LogP contribution in [-0.4, -0.2) is 0 Å². The van der Waals surface area contributed by atoms with E-state index >= 15 is 0 Å². The number of alkyl halides is 3. The minimum absolute atomic E-state index is 0.113. The average molecular weight is 364 g/mol. The second-order valence-electron chi connectivity index (χ2n) is 4.20. The highest BCUT2D eigenvalue weighted by molar-refractivity contribution is 9.10. The molecule has 2 N–H and O–H groups in total. The Bertz CT molecular complexity index is 658. The van der Waals surface area contributed by atoms with E-state index in [2.05, 4.69) is 15.9 Å². The van der Waals surface area contributed by atoms with Crippen molar-refractivity contribution < 1.29 is 22.3 Å². The largest absolute Gasteiger partial charge is 0.456 e. The van der Waals surface area contributed by atoms with E-state index in [1.54, 1.807) is 0 Å². The fourth-order valence-electron chi connectivity index (χ4n) is 1.69. The lowest BCUT2D eigenvalue weighted by Crippen LogP contribution is -2.08. The fourth-order valence-corrected chi connectivity index (χ4v) is 2.12. The molecule has 0 aliphatic rings. The molecule has 0 radical (unpaired) electrons. The second-order valence-corrected chi connectivity index (χ2v) is 5.06. The number of halogens is 5. The number of hydrogen-bond acceptors (Lipinski definition) is 2. The first-order valence-corrected chi connectivity index (χ1v) is 6.63. The van der Waals surface area contributed by atoms with Crippen molar-refractivity contribution in [1.29, 1.82) is 0 Å². The van der Waals surface area contributed by atoms with E-state index < -0.39 is 17.6 Å². The van der Waals surface area contributed by atoms with Gasteiger partial charge in [-0.3, -0.25) is 0 Å². The Labute approximate surface area is 126 Å². The van der Waals surface area contributed by atoms with E-state index in [4.69, 9.17) is 10.5 Å². The number of rotatable bonds is 3. The van der Waals surface area contributed by atoms with Gasteiger partial charge in [-0.25, -0.2) is 4.39 Å². The quantitative estimate of drug-likeness (QED) is 0.790. The molecule has 0 saturated heterocycles. The molecule has 0 amide bonds. The Kier molecular flexibility index (Phi) is 4.53. The van der Waals surface area contributed by atoms with Gasteiger partial charge in [-0.15, -0.1) is 0 Å². The van der Waals surface area contributed by atoms with Crippen LogP contribution >= 0.6 is 15.9 Å². The molecule has 2 rings (SSSR count). The van der Waals surface area contributed by atoms with Gasteiger partial charge in [0.2, 0.25) is 0 Å². The average Bonchev–Trinajstić information content (AvgIpc) is 2.41. The normalized spacial score (nSPS) is 11.5. The van der Waals surface area contributed by atoms with Crippen molar-refractivity contribution in [2.24, 2.45) is 5.73 Å². The Morgan fingerprint density at radius 3 is 2.29 bits per heavy atom. The Morgan fingerprint density at radius 1 is 1.05 bits per heavy atom. The predicted molar refractivity (Wildman–Crippen MR) is 73.5 cm³/mol. The van der Waals surface area contributed by atoms with Gasteiger partial charge in [-0.2, -0.15) is 13.2 Å². The molecule has 7 heteroatoms. The van der Waals surface area contributed by atoms with Crippen molar-refractivity contribution in [2.45, 2.75) is 12.7 Å². The molecule has 0 atom stereocenters. The molecule has 0 spiro atoms. The summed E-state index contributed by atoms with van der Waals surface area (Å²) in [4.78, 5) is 0. The number of benzene rings is 2. The van der Waals surface area contributed by atoms with E-state index in [-0.39, 0.29) is 23.6 Å². The Morgan fingerprint density at radius 2 is 1.71 bits per heavy atom. The van der Waals surface area contributed by atoms with Gasteiger partial charge in [0.05, 0.1) is 10.0 Å². The van der Waals surface area contributed by atoms with Gasteiger partial charge in [-0.1, -0.05) is 0 Å².